The summed E-state index contributed by atoms with van der Waals surface area (Å²) in [5, 5.41) is 2.85. The molecule has 0 saturated carbocycles. The summed E-state index contributed by atoms with van der Waals surface area (Å²) in [6, 6.07) is 14.8. The van der Waals surface area contributed by atoms with E-state index in [4.69, 9.17) is 13.9 Å². The van der Waals surface area contributed by atoms with Gasteiger partial charge in [0, 0.05) is 24.1 Å². The summed E-state index contributed by atoms with van der Waals surface area (Å²) in [6.07, 6.45) is 2.39. The Kier molecular flexibility index (Phi) is 6.10. The number of hydrogen-bond acceptors (Lipinski definition) is 5. The molecule has 0 radical (unpaired) electrons. The van der Waals surface area contributed by atoms with Crippen LogP contribution in [0.1, 0.15) is 19.2 Å². The smallest absolute Gasteiger partial charge is 0.224 e. The van der Waals surface area contributed by atoms with E-state index in [2.05, 4.69) is 10.3 Å². The van der Waals surface area contributed by atoms with Crippen molar-refractivity contribution < 1.29 is 18.7 Å². The highest BCUT2D eigenvalue weighted by molar-refractivity contribution is 5.90. The van der Waals surface area contributed by atoms with E-state index in [0.29, 0.717) is 24.7 Å². The topological polar surface area (TPSA) is 73.6 Å². The minimum absolute atomic E-state index is 0.0941. The van der Waals surface area contributed by atoms with E-state index in [-0.39, 0.29) is 12.3 Å². The summed E-state index contributed by atoms with van der Waals surface area (Å²) >= 11 is 0. The first-order chi connectivity index (χ1) is 13.2. The fraction of sp³-hybridized carbons (Fsp3) is 0.238. The maximum Gasteiger partial charge on any atom is 0.224 e. The Morgan fingerprint density at radius 2 is 1.78 bits per heavy atom. The SMILES string of the molecule is CCOc1ccc(NC(=O)CCc2ncc(-c3ccc(OC)cc3)o2)cc1. The van der Waals surface area contributed by atoms with Gasteiger partial charge in [0.2, 0.25) is 5.91 Å². The van der Waals surface area contributed by atoms with Gasteiger partial charge < -0.3 is 19.2 Å². The maximum atomic E-state index is 12.1. The normalized spacial score (nSPS) is 10.4. The van der Waals surface area contributed by atoms with Gasteiger partial charge in [-0.15, -0.1) is 0 Å². The third-order valence-corrected chi connectivity index (χ3v) is 3.94. The first kappa shape index (κ1) is 18.5. The van der Waals surface area contributed by atoms with Crippen molar-refractivity contribution in [3.05, 3.63) is 60.6 Å². The van der Waals surface area contributed by atoms with Crippen molar-refractivity contribution in [1.29, 1.82) is 0 Å². The molecule has 2 aromatic carbocycles. The van der Waals surface area contributed by atoms with Gasteiger partial charge in [-0.1, -0.05) is 0 Å². The molecule has 140 valence electrons. The maximum absolute atomic E-state index is 12.1. The zero-order valence-electron chi connectivity index (χ0n) is 15.4. The van der Waals surface area contributed by atoms with Gasteiger partial charge in [0.1, 0.15) is 11.5 Å². The molecule has 3 rings (SSSR count). The molecule has 0 saturated heterocycles. The molecular weight excluding hydrogens is 344 g/mol. The molecule has 0 atom stereocenters. The summed E-state index contributed by atoms with van der Waals surface area (Å²) in [4.78, 5) is 16.4. The van der Waals surface area contributed by atoms with Crippen LogP contribution in [-0.2, 0) is 11.2 Å². The molecule has 3 aromatic rings. The molecule has 0 aliphatic carbocycles. The average molecular weight is 366 g/mol. The number of carbonyl (C=O) groups is 1. The van der Waals surface area contributed by atoms with Crippen molar-refractivity contribution in [3.8, 4) is 22.8 Å². The zero-order chi connectivity index (χ0) is 19.1. The van der Waals surface area contributed by atoms with Crippen molar-refractivity contribution >= 4 is 11.6 Å². The number of hydrogen-bond donors (Lipinski definition) is 1. The van der Waals surface area contributed by atoms with Crippen molar-refractivity contribution in [1.82, 2.24) is 4.98 Å². The number of aromatic nitrogens is 1. The second kappa shape index (κ2) is 8.89. The van der Waals surface area contributed by atoms with Gasteiger partial charge >= 0.3 is 0 Å². The third-order valence-electron chi connectivity index (χ3n) is 3.94. The Bertz CT molecular complexity index is 870. The summed E-state index contributed by atoms with van der Waals surface area (Å²) < 4.78 is 16.3. The predicted octanol–water partition coefficient (Wildman–Crippen LogP) is 4.32. The van der Waals surface area contributed by atoms with Crippen LogP contribution in [0, 0.1) is 0 Å². The quantitative estimate of drug-likeness (QED) is 0.643. The highest BCUT2D eigenvalue weighted by Gasteiger charge is 2.09. The van der Waals surface area contributed by atoms with Crippen molar-refractivity contribution in [2.24, 2.45) is 0 Å². The Labute approximate surface area is 158 Å². The summed E-state index contributed by atoms with van der Waals surface area (Å²) in [5.74, 6) is 2.66. The number of carbonyl (C=O) groups excluding carboxylic acids is 1. The van der Waals surface area contributed by atoms with E-state index in [1.165, 1.54) is 0 Å². The van der Waals surface area contributed by atoms with Gasteiger partial charge in [-0.25, -0.2) is 4.98 Å². The van der Waals surface area contributed by atoms with Crippen LogP contribution in [0.4, 0.5) is 5.69 Å². The number of oxazole rings is 1. The lowest BCUT2D eigenvalue weighted by molar-refractivity contribution is -0.116. The lowest BCUT2D eigenvalue weighted by Gasteiger charge is -2.06. The Balaban J connectivity index is 1.52. The van der Waals surface area contributed by atoms with Gasteiger partial charge in [0.15, 0.2) is 11.7 Å². The minimum atomic E-state index is -0.0941. The number of ether oxygens (including phenoxy) is 2. The summed E-state index contributed by atoms with van der Waals surface area (Å²) in [6.45, 7) is 2.54. The second-order valence-electron chi connectivity index (χ2n) is 5.85. The van der Waals surface area contributed by atoms with Crippen molar-refractivity contribution in [3.63, 3.8) is 0 Å². The largest absolute Gasteiger partial charge is 0.497 e. The first-order valence-electron chi connectivity index (χ1n) is 8.79. The van der Waals surface area contributed by atoms with Crippen molar-refractivity contribution in [2.75, 3.05) is 19.0 Å². The Morgan fingerprint density at radius 1 is 1.07 bits per heavy atom. The van der Waals surface area contributed by atoms with Gasteiger partial charge in [-0.2, -0.15) is 0 Å². The number of amides is 1. The van der Waals surface area contributed by atoms with Crippen LogP contribution >= 0.6 is 0 Å². The second-order valence-corrected chi connectivity index (χ2v) is 5.85. The minimum Gasteiger partial charge on any atom is -0.497 e. The molecule has 0 bridgehead atoms. The van der Waals surface area contributed by atoms with Gasteiger partial charge in [0.25, 0.3) is 0 Å². The van der Waals surface area contributed by atoms with Crippen LogP contribution < -0.4 is 14.8 Å². The van der Waals surface area contributed by atoms with Gasteiger partial charge in [-0.05, 0) is 55.5 Å². The molecule has 1 heterocycles. The fourth-order valence-electron chi connectivity index (χ4n) is 2.56. The molecular formula is C21H22N2O4. The van der Waals surface area contributed by atoms with E-state index >= 15 is 0 Å². The molecule has 6 heteroatoms. The highest BCUT2D eigenvalue weighted by Crippen LogP contribution is 2.23. The number of nitrogens with one attached hydrogen (secondary N) is 1. The van der Waals surface area contributed by atoms with Crippen LogP contribution in [-0.4, -0.2) is 24.6 Å². The van der Waals surface area contributed by atoms with Gasteiger partial charge in [0.05, 0.1) is 19.9 Å². The third kappa shape index (κ3) is 5.10. The molecule has 1 aromatic heterocycles. The van der Waals surface area contributed by atoms with E-state index in [1.54, 1.807) is 13.3 Å². The van der Waals surface area contributed by atoms with Crippen LogP contribution in [0.5, 0.6) is 11.5 Å². The zero-order valence-corrected chi connectivity index (χ0v) is 15.4. The molecule has 0 aliphatic heterocycles. The molecule has 1 N–H and O–H groups in total. The fourth-order valence-corrected chi connectivity index (χ4v) is 2.56. The van der Waals surface area contributed by atoms with Crippen molar-refractivity contribution in [2.45, 2.75) is 19.8 Å². The molecule has 6 nitrogen and oxygen atoms in total. The predicted molar refractivity (Wildman–Crippen MR) is 103 cm³/mol. The van der Waals surface area contributed by atoms with Crippen LogP contribution in [0.15, 0.2) is 59.1 Å². The molecule has 0 fully saturated rings. The number of nitrogens with zero attached hydrogens (tertiary/aromatic N) is 1. The van der Waals surface area contributed by atoms with Crippen LogP contribution in [0.3, 0.4) is 0 Å². The summed E-state index contributed by atoms with van der Waals surface area (Å²) in [7, 11) is 1.62. The van der Waals surface area contributed by atoms with E-state index < -0.39 is 0 Å². The molecule has 1 amide bonds. The standard InChI is InChI=1S/C21H22N2O4/c1-3-26-18-10-6-16(7-11-18)23-20(24)12-13-21-22-14-19(27-21)15-4-8-17(25-2)9-5-15/h4-11,14H,3,12-13H2,1-2H3,(H,23,24). The van der Waals surface area contributed by atoms with E-state index in [1.807, 2.05) is 55.5 Å². The van der Waals surface area contributed by atoms with Crippen LogP contribution in [0.2, 0.25) is 0 Å². The van der Waals surface area contributed by atoms with E-state index in [9.17, 15) is 4.79 Å². The van der Waals surface area contributed by atoms with E-state index in [0.717, 1.165) is 22.7 Å². The lowest BCUT2D eigenvalue weighted by Crippen LogP contribution is -2.12. The monoisotopic (exact) mass is 366 g/mol. The molecule has 0 unspecified atom stereocenters. The Morgan fingerprint density at radius 3 is 2.44 bits per heavy atom. The first-order valence-corrected chi connectivity index (χ1v) is 8.79. The number of anilines is 1. The molecule has 0 spiro atoms. The summed E-state index contributed by atoms with van der Waals surface area (Å²) in [5.41, 5.74) is 1.64. The molecule has 27 heavy (non-hydrogen) atoms. The lowest BCUT2D eigenvalue weighted by atomic mass is 10.2. The number of benzene rings is 2. The highest BCUT2D eigenvalue weighted by atomic mass is 16.5. The van der Waals surface area contributed by atoms with Gasteiger partial charge in [-0.3, -0.25) is 4.79 Å². The number of aryl methyl sites for hydroxylation is 1. The van der Waals surface area contributed by atoms with Crippen LogP contribution in [0.25, 0.3) is 11.3 Å². The Hall–Kier alpha value is -3.28. The average Bonchev–Trinajstić information content (AvgIpc) is 3.17. The number of rotatable bonds is 8. The number of methoxy groups -OCH3 is 1. The molecule has 0 aliphatic rings.